The molecule has 2 aromatic carbocycles. The minimum Gasteiger partial charge on any atom is -0.497 e. The van der Waals surface area contributed by atoms with Crippen LogP contribution >= 0.6 is 0 Å². The van der Waals surface area contributed by atoms with Gasteiger partial charge in [-0.2, -0.15) is 0 Å². The number of methoxy groups -OCH3 is 2. The maximum Gasteiger partial charge on any atom is 0.295 e. The quantitative estimate of drug-likeness (QED) is 0.531. The molecular weight excluding hydrogens is 334 g/mol. The van der Waals surface area contributed by atoms with E-state index in [1.54, 1.807) is 20.3 Å². The average Bonchev–Trinajstić information content (AvgIpc) is 2.65. The number of hydrogen-bond acceptors (Lipinski definition) is 6. The molecule has 0 saturated heterocycles. The molecule has 134 valence electrons. The number of para-hydroxylation sites is 1. The van der Waals surface area contributed by atoms with Crippen LogP contribution in [0.3, 0.4) is 0 Å². The number of nitro benzene ring substituents is 1. The minimum atomic E-state index is -0.412. The molecule has 3 rings (SSSR count). The van der Waals surface area contributed by atoms with Crippen LogP contribution in [0.1, 0.15) is 11.3 Å². The second-order valence-electron chi connectivity index (χ2n) is 5.77. The summed E-state index contributed by atoms with van der Waals surface area (Å²) < 4.78 is 10.6. The first-order valence-electron chi connectivity index (χ1n) is 8.03. The Kier molecular flexibility index (Phi) is 4.88. The molecule has 0 radical (unpaired) electrons. The standard InChI is InChI=1S/C19H19N3O4/c1-12-9-16(15-5-4-6-17(22(23)24)19(15)21-12)20-11-13-7-8-14(25-2)10-18(13)26-3/h4-10H,11H2,1-3H3,(H,20,21). The first-order valence-corrected chi connectivity index (χ1v) is 8.03. The van der Waals surface area contributed by atoms with Gasteiger partial charge in [0.2, 0.25) is 0 Å². The van der Waals surface area contributed by atoms with E-state index >= 15 is 0 Å². The van der Waals surface area contributed by atoms with E-state index in [1.807, 2.05) is 37.3 Å². The fourth-order valence-corrected chi connectivity index (χ4v) is 2.84. The van der Waals surface area contributed by atoms with Gasteiger partial charge in [0.05, 0.1) is 19.1 Å². The summed E-state index contributed by atoms with van der Waals surface area (Å²) in [6.45, 7) is 2.31. The van der Waals surface area contributed by atoms with Crippen molar-refractivity contribution in [3.63, 3.8) is 0 Å². The van der Waals surface area contributed by atoms with Crippen molar-refractivity contribution in [1.29, 1.82) is 0 Å². The second kappa shape index (κ2) is 7.26. The molecule has 0 aliphatic rings. The lowest BCUT2D eigenvalue weighted by Gasteiger charge is -2.14. The SMILES string of the molecule is COc1ccc(CNc2cc(C)nc3c([N+](=O)[O-])cccc23)c(OC)c1. The van der Waals surface area contributed by atoms with Crippen LogP contribution in [-0.4, -0.2) is 24.1 Å². The van der Waals surface area contributed by atoms with Crippen molar-refractivity contribution in [2.24, 2.45) is 0 Å². The summed E-state index contributed by atoms with van der Waals surface area (Å²) in [6, 6.07) is 12.4. The molecule has 0 aliphatic heterocycles. The van der Waals surface area contributed by atoms with Crippen molar-refractivity contribution >= 4 is 22.3 Å². The molecule has 0 bridgehead atoms. The fraction of sp³-hybridized carbons (Fsp3) is 0.211. The normalized spacial score (nSPS) is 10.6. The van der Waals surface area contributed by atoms with E-state index in [0.717, 1.165) is 11.3 Å². The van der Waals surface area contributed by atoms with Crippen molar-refractivity contribution in [3.05, 3.63) is 63.8 Å². The van der Waals surface area contributed by atoms with Crippen LogP contribution in [0.5, 0.6) is 11.5 Å². The number of nitrogens with one attached hydrogen (secondary N) is 1. The van der Waals surface area contributed by atoms with Gasteiger partial charge in [0.15, 0.2) is 5.52 Å². The highest BCUT2D eigenvalue weighted by molar-refractivity contribution is 5.96. The zero-order valence-corrected chi connectivity index (χ0v) is 14.8. The Balaban J connectivity index is 1.97. The number of non-ortho nitro benzene ring substituents is 1. The molecule has 0 saturated carbocycles. The summed E-state index contributed by atoms with van der Waals surface area (Å²) in [7, 11) is 3.21. The number of hydrogen-bond donors (Lipinski definition) is 1. The number of anilines is 1. The molecular formula is C19H19N3O4. The van der Waals surface area contributed by atoms with Gasteiger partial charge in [-0.25, -0.2) is 4.98 Å². The van der Waals surface area contributed by atoms with E-state index in [0.29, 0.717) is 34.6 Å². The van der Waals surface area contributed by atoms with Crippen LogP contribution in [0.2, 0.25) is 0 Å². The third kappa shape index (κ3) is 3.37. The summed E-state index contributed by atoms with van der Waals surface area (Å²) in [6.07, 6.45) is 0. The summed E-state index contributed by atoms with van der Waals surface area (Å²) in [5.41, 5.74) is 2.81. The number of pyridine rings is 1. The number of ether oxygens (including phenoxy) is 2. The van der Waals surface area contributed by atoms with Crippen molar-refractivity contribution in [2.75, 3.05) is 19.5 Å². The number of fused-ring (bicyclic) bond motifs is 1. The summed E-state index contributed by atoms with van der Waals surface area (Å²) in [5.74, 6) is 1.42. The summed E-state index contributed by atoms with van der Waals surface area (Å²) in [4.78, 5) is 15.2. The molecule has 0 atom stereocenters. The van der Waals surface area contributed by atoms with Crippen LogP contribution in [0.15, 0.2) is 42.5 Å². The number of aryl methyl sites for hydroxylation is 1. The van der Waals surface area contributed by atoms with Crippen molar-refractivity contribution < 1.29 is 14.4 Å². The summed E-state index contributed by atoms with van der Waals surface area (Å²) >= 11 is 0. The van der Waals surface area contributed by atoms with Crippen LogP contribution < -0.4 is 14.8 Å². The largest absolute Gasteiger partial charge is 0.497 e. The first kappa shape index (κ1) is 17.5. The lowest BCUT2D eigenvalue weighted by molar-refractivity contribution is -0.383. The molecule has 26 heavy (non-hydrogen) atoms. The Labute approximate surface area is 150 Å². The topological polar surface area (TPSA) is 86.5 Å². The zero-order chi connectivity index (χ0) is 18.7. The number of rotatable bonds is 6. The minimum absolute atomic E-state index is 0.00345. The van der Waals surface area contributed by atoms with Gasteiger partial charge in [-0.15, -0.1) is 0 Å². The van der Waals surface area contributed by atoms with E-state index in [-0.39, 0.29) is 5.69 Å². The van der Waals surface area contributed by atoms with Crippen LogP contribution in [0, 0.1) is 17.0 Å². The second-order valence-corrected chi connectivity index (χ2v) is 5.77. The molecule has 0 fully saturated rings. The third-order valence-electron chi connectivity index (χ3n) is 4.11. The molecule has 7 heteroatoms. The van der Waals surface area contributed by atoms with Gasteiger partial charge in [-0.3, -0.25) is 10.1 Å². The van der Waals surface area contributed by atoms with E-state index in [2.05, 4.69) is 10.3 Å². The highest BCUT2D eigenvalue weighted by Crippen LogP contribution is 2.31. The molecule has 0 unspecified atom stereocenters. The molecule has 0 spiro atoms. The molecule has 0 amide bonds. The van der Waals surface area contributed by atoms with Crippen molar-refractivity contribution in [2.45, 2.75) is 13.5 Å². The molecule has 1 N–H and O–H groups in total. The monoisotopic (exact) mass is 353 g/mol. The maximum atomic E-state index is 11.3. The van der Waals surface area contributed by atoms with Gasteiger partial charge in [0.1, 0.15) is 11.5 Å². The molecule has 3 aromatic rings. The van der Waals surface area contributed by atoms with E-state index < -0.39 is 4.92 Å². The first-order chi connectivity index (χ1) is 12.5. The lowest BCUT2D eigenvalue weighted by atomic mass is 10.1. The molecule has 0 aliphatic carbocycles. The lowest BCUT2D eigenvalue weighted by Crippen LogP contribution is -2.04. The third-order valence-corrected chi connectivity index (χ3v) is 4.11. The Bertz CT molecular complexity index is 972. The van der Waals surface area contributed by atoms with E-state index in [9.17, 15) is 10.1 Å². The Morgan fingerprint density at radius 3 is 2.65 bits per heavy atom. The van der Waals surface area contributed by atoms with Gasteiger partial charge >= 0.3 is 0 Å². The Morgan fingerprint density at radius 2 is 1.96 bits per heavy atom. The van der Waals surface area contributed by atoms with Crippen LogP contribution in [0.4, 0.5) is 11.4 Å². The predicted molar refractivity (Wildman–Crippen MR) is 100 cm³/mol. The zero-order valence-electron chi connectivity index (χ0n) is 14.8. The molecule has 1 aromatic heterocycles. The number of nitrogens with zero attached hydrogens (tertiary/aromatic N) is 2. The molecule has 7 nitrogen and oxygen atoms in total. The summed E-state index contributed by atoms with van der Waals surface area (Å²) in [5, 5.41) is 15.3. The van der Waals surface area contributed by atoms with Crippen molar-refractivity contribution in [3.8, 4) is 11.5 Å². The Morgan fingerprint density at radius 1 is 1.15 bits per heavy atom. The van der Waals surface area contributed by atoms with Gasteiger partial charge in [0, 0.05) is 41.0 Å². The highest BCUT2D eigenvalue weighted by Gasteiger charge is 2.16. The maximum absolute atomic E-state index is 11.3. The number of benzene rings is 2. The predicted octanol–water partition coefficient (Wildman–Crippen LogP) is 4.08. The van der Waals surface area contributed by atoms with Crippen LogP contribution in [-0.2, 0) is 6.54 Å². The highest BCUT2D eigenvalue weighted by atomic mass is 16.6. The van der Waals surface area contributed by atoms with E-state index in [1.165, 1.54) is 6.07 Å². The van der Waals surface area contributed by atoms with Crippen molar-refractivity contribution in [1.82, 2.24) is 4.98 Å². The number of aromatic nitrogens is 1. The van der Waals surface area contributed by atoms with Gasteiger partial charge in [-0.05, 0) is 25.1 Å². The number of nitro groups is 1. The Hall–Kier alpha value is -3.35. The van der Waals surface area contributed by atoms with Crippen LogP contribution in [0.25, 0.3) is 10.9 Å². The molecule has 1 heterocycles. The van der Waals surface area contributed by atoms with E-state index in [4.69, 9.17) is 9.47 Å². The average molecular weight is 353 g/mol. The fourth-order valence-electron chi connectivity index (χ4n) is 2.84. The van der Waals surface area contributed by atoms with Gasteiger partial charge in [0.25, 0.3) is 5.69 Å². The van der Waals surface area contributed by atoms with Gasteiger partial charge in [-0.1, -0.05) is 12.1 Å². The van der Waals surface area contributed by atoms with Gasteiger partial charge < -0.3 is 14.8 Å². The smallest absolute Gasteiger partial charge is 0.295 e.